The van der Waals surface area contributed by atoms with Gasteiger partial charge in [0.15, 0.2) is 0 Å². The minimum absolute atomic E-state index is 0. The maximum Gasteiger partial charge on any atom is 2.00 e. The van der Waals surface area contributed by atoms with E-state index in [2.05, 4.69) is 166 Å². The summed E-state index contributed by atoms with van der Waals surface area (Å²) in [7, 11) is 0. The first-order chi connectivity index (χ1) is 29.3. The van der Waals surface area contributed by atoms with E-state index in [1.165, 1.54) is 44.5 Å². The number of benzene rings is 6. The van der Waals surface area contributed by atoms with E-state index in [4.69, 9.17) is 30.6 Å². The summed E-state index contributed by atoms with van der Waals surface area (Å²) in [5.41, 5.74) is 13.3. The molecule has 1 radical (unpaired) electrons. The van der Waals surface area contributed by atoms with Crippen LogP contribution in [-0.4, -0.2) is 30.1 Å². The molecule has 0 fully saturated rings. The topological polar surface area (TPSA) is 184 Å². The zero-order valence-corrected chi connectivity index (χ0v) is 32.9. The van der Waals surface area contributed by atoms with Crippen LogP contribution in [0.25, 0.3) is 88.1 Å². The molecule has 61 heavy (non-hydrogen) atoms. The molecule has 0 spiro atoms. The Morgan fingerprint density at radius 2 is 0.475 bits per heavy atom. The molecule has 0 atom stereocenters. The quantitative estimate of drug-likeness (QED) is 0.0714. The molecule has 0 saturated heterocycles. The van der Waals surface area contributed by atoms with Crippen molar-refractivity contribution in [1.29, 1.82) is 0 Å². The number of nitrogens with zero attached hydrogens (tertiary/aromatic N) is 6. The van der Waals surface area contributed by atoms with Gasteiger partial charge in [0.05, 0.1) is 32.2 Å². The van der Waals surface area contributed by atoms with Crippen LogP contribution >= 0.6 is 0 Å². The smallest absolute Gasteiger partial charge is 0.356 e. The van der Waals surface area contributed by atoms with Crippen molar-refractivity contribution in [3.8, 4) is 44.5 Å². The van der Waals surface area contributed by atoms with E-state index in [0.29, 0.717) is 0 Å². The number of rotatable bonds is 4. The van der Waals surface area contributed by atoms with Crippen LogP contribution in [0.5, 0.6) is 0 Å². The van der Waals surface area contributed by atoms with Gasteiger partial charge in [-0.05, 0) is 68.8 Å². The Morgan fingerprint density at radius 3 is 0.656 bits per heavy atom. The zero-order chi connectivity index (χ0) is 41.8. The fourth-order valence-electron chi connectivity index (χ4n) is 7.13. The molecule has 0 amide bonds. The first kappa shape index (κ1) is 42.5. The number of fused-ring (bicyclic) bond motifs is 6. The largest absolute Gasteiger partial charge is 2.00 e. The average Bonchev–Trinajstić information content (AvgIpc) is 3.29. The van der Waals surface area contributed by atoms with Gasteiger partial charge >= 0.3 is 17.1 Å². The summed E-state index contributed by atoms with van der Waals surface area (Å²) < 4.78 is 0. The van der Waals surface area contributed by atoms with E-state index in [-0.39, 0.29) is 17.1 Å². The van der Waals surface area contributed by atoms with E-state index in [0.717, 1.165) is 43.6 Å². The van der Waals surface area contributed by atoms with Crippen molar-refractivity contribution in [2.45, 2.75) is 0 Å². The van der Waals surface area contributed by atoms with Gasteiger partial charge in [-0.2, -0.15) is 0 Å². The van der Waals surface area contributed by atoms with Gasteiger partial charge in [-0.25, -0.2) is 0 Å². The first-order valence-corrected chi connectivity index (χ1v) is 18.5. The molecule has 13 heteroatoms. The van der Waals surface area contributed by atoms with Gasteiger partial charge in [0.25, 0.3) is 0 Å². The molecule has 6 aromatic carbocycles. The fraction of sp³-hybridized carbons (Fsp3) is 0. The van der Waals surface area contributed by atoms with Crippen molar-refractivity contribution in [3.63, 3.8) is 0 Å². The number of hydrogen-bond donors (Lipinski definition) is 0. The van der Waals surface area contributed by atoms with Gasteiger partial charge < -0.3 is 30.6 Å². The third-order valence-corrected chi connectivity index (χ3v) is 9.58. The van der Waals surface area contributed by atoms with Crippen LogP contribution in [-0.2, 0) is 17.1 Å². The summed E-state index contributed by atoms with van der Waals surface area (Å²) >= 11 is 0. The van der Waals surface area contributed by atoms with Crippen LogP contribution in [0.4, 0.5) is 0 Å². The Labute approximate surface area is 359 Å². The van der Waals surface area contributed by atoms with E-state index in [1.54, 1.807) is 0 Å². The first-order valence-electron chi connectivity index (χ1n) is 18.5. The van der Waals surface area contributed by atoms with E-state index in [1.807, 2.05) is 49.1 Å². The molecule has 10 aromatic rings. The second kappa shape index (κ2) is 20.0. The summed E-state index contributed by atoms with van der Waals surface area (Å²) in [6.45, 7) is 0. The number of pyridine rings is 4. The minimum atomic E-state index is -1.75. The average molecular weight is 852 g/mol. The van der Waals surface area contributed by atoms with Crippen molar-refractivity contribution in [3.05, 3.63) is 225 Å². The van der Waals surface area contributed by atoms with Crippen LogP contribution in [0.15, 0.2) is 195 Å². The van der Waals surface area contributed by atoms with Crippen LogP contribution in [0.3, 0.4) is 0 Å². The van der Waals surface area contributed by atoms with Gasteiger partial charge in [-0.15, -0.1) is 0 Å². The van der Waals surface area contributed by atoms with Gasteiger partial charge in [-0.3, -0.25) is 19.9 Å². The molecule has 0 aliphatic rings. The molecule has 0 unspecified atom stereocenters. The maximum atomic E-state index is 8.25. The number of aromatic nitrogens is 4. The van der Waals surface area contributed by atoms with Gasteiger partial charge in [0.1, 0.15) is 0 Å². The molecule has 0 saturated carbocycles. The molecule has 0 bridgehead atoms. The number of hydrogen-bond acceptors (Lipinski definition) is 10. The van der Waals surface area contributed by atoms with Crippen LogP contribution < -0.4 is 0 Å². The fourth-order valence-corrected chi connectivity index (χ4v) is 7.13. The summed E-state index contributed by atoms with van der Waals surface area (Å²) in [6.07, 6.45) is 7.50. The molecule has 12 nitrogen and oxygen atoms in total. The Balaban J connectivity index is 0.000000172. The van der Waals surface area contributed by atoms with Crippen molar-refractivity contribution in [2.75, 3.05) is 0 Å². The molecule has 4 heterocycles. The molecule has 0 aliphatic heterocycles. The van der Waals surface area contributed by atoms with Crippen LogP contribution in [0.1, 0.15) is 0 Å². The normalized spacial score (nSPS) is 10.2. The van der Waals surface area contributed by atoms with E-state index in [9.17, 15) is 0 Å². The summed E-state index contributed by atoms with van der Waals surface area (Å²) in [4.78, 5) is 35.2. The second-order valence-electron chi connectivity index (χ2n) is 13.1. The molecule has 4 aromatic heterocycles. The summed E-state index contributed by atoms with van der Waals surface area (Å²) in [5, 5.41) is 34.0. The molecule has 10 rings (SSSR count). The Hall–Kier alpha value is -8.12. The van der Waals surface area contributed by atoms with Crippen molar-refractivity contribution in [1.82, 2.24) is 19.9 Å². The zero-order valence-electron chi connectivity index (χ0n) is 31.9. The third-order valence-electron chi connectivity index (χ3n) is 9.58. The Kier molecular flexibility index (Phi) is 14.0. The predicted octanol–water partition coefficient (Wildman–Crippen LogP) is 11.8. The standard InChI is InChI=1S/2C24H16N2.Cu.2NO3/c2*1-3-7-17(8-4-1)19-13-15-25-23-21(19)11-12-22-20(14-16-26-24(22)23)18-9-5-2-6-10-18;;2*2-1(3)4/h2*1-16H;;;/q;;+2;2*-1. The monoisotopic (exact) mass is 851 g/mol. The van der Waals surface area contributed by atoms with Gasteiger partial charge in [-0.1, -0.05) is 146 Å². The molecule has 0 N–H and O–H groups in total. The van der Waals surface area contributed by atoms with E-state index >= 15 is 0 Å². The van der Waals surface area contributed by atoms with Crippen LogP contribution in [0.2, 0.25) is 0 Å². The predicted molar refractivity (Wildman–Crippen MR) is 237 cm³/mol. The van der Waals surface area contributed by atoms with Crippen molar-refractivity contribution < 1.29 is 27.2 Å². The van der Waals surface area contributed by atoms with Crippen molar-refractivity contribution >= 4 is 43.6 Å². The van der Waals surface area contributed by atoms with Gasteiger partial charge in [0, 0.05) is 46.3 Å². The molecule has 0 aliphatic carbocycles. The van der Waals surface area contributed by atoms with Crippen LogP contribution in [0, 0.1) is 30.6 Å². The Morgan fingerprint density at radius 1 is 0.295 bits per heavy atom. The summed E-state index contributed by atoms with van der Waals surface area (Å²) in [5.74, 6) is 0. The maximum absolute atomic E-state index is 8.25. The SMILES string of the molecule is O=[N+]([O-])[O-].O=[N+]([O-])[O-].[Cu+2].c1ccc(-c2ccnc3c2ccc2c(-c4ccccc4)ccnc23)cc1.c1ccc(-c2ccnc3c2ccc2c(-c4ccccc4)ccnc23)cc1. The molecule has 301 valence electrons. The molecular weight excluding hydrogens is 820 g/mol. The molecular formula is C48H32CuN6O6. The Bertz CT molecular complexity index is 2660. The van der Waals surface area contributed by atoms with Gasteiger partial charge in [0.2, 0.25) is 0 Å². The minimum Gasteiger partial charge on any atom is -0.356 e. The van der Waals surface area contributed by atoms with Crippen molar-refractivity contribution in [2.24, 2.45) is 0 Å². The third kappa shape index (κ3) is 9.95. The van der Waals surface area contributed by atoms with E-state index < -0.39 is 10.2 Å². The second-order valence-corrected chi connectivity index (χ2v) is 13.1. The summed E-state index contributed by atoms with van der Waals surface area (Å²) in [6, 6.07) is 58.7.